The largest absolute Gasteiger partial charge is 0.508 e. The molecule has 0 saturated carbocycles. The number of rotatable bonds is 4. The molecule has 2 N–H and O–H groups in total. The number of benzene rings is 3. The average molecular weight is 381 g/mol. The van der Waals surface area contributed by atoms with Crippen molar-refractivity contribution in [3.05, 3.63) is 96.1 Å². The van der Waals surface area contributed by atoms with Crippen LogP contribution in [0.1, 0.15) is 22.8 Å². The molecule has 1 aromatic heterocycles. The number of pyridine rings is 1. The first-order chi connectivity index (χ1) is 14.1. The molecule has 142 valence electrons. The fourth-order valence-electron chi connectivity index (χ4n) is 3.08. The zero-order valence-corrected chi connectivity index (χ0v) is 15.8. The Hall–Kier alpha value is -3.99. The Kier molecular flexibility index (Phi) is 5.03. The molecule has 4 rings (SSSR count). The Balaban J connectivity index is 1.69. The van der Waals surface area contributed by atoms with Crippen molar-refractivity contribution < 1.29 is 9.90 Å². The number of hydrogen-bond acceptors (Lipinski definition) is 4. The molecular formula is C24H19N3O2. The Bertz CT molecular complexity index is 1200. The van der Waals surface area contributed by atoms with Crippen LogP contribution in [0, 0.1) is 0 Å². The Morgan fingerprint density at radius 3 is 2.38 bits per heavy atom. The number of para-hydroxylation sites is 1. The van der Waals surface area contributed by atoms with Crippen molar-refractivity contribution in [2.45, 2.75) is 6.92 Å². The number of fused-ring (bicyclic) bond motifs is 1. The summed E-state index contributed by atoms with van der Waals surface area (Å²) < 4.78 is 0. The predicted octanol–water partition coefficient (Wildman–Crippen LogP) is 4.76. The number of aromatic hydroxyl groups is 1. The highest BCUT2D eigenvalue weighted by molar-refractivity contribution is 6.08. The van der Waals surface area contributed by atoms with E-state index in [2.05, 4.69) is 10.5 Å². The van der Waals surface area contributed by atoms with Gasteiger partial charge in [-0.1, -0.05) is 48.5 Å². The second-order valence-corrected chi connectivity index (χ2v) is 6.62. The second kappa shape index (κ2) is 7.94. The van der Waals surface area contributed by atoms with Crippen LogP contribution in [0.15, 0.2) is 90.0 Å². The van der Waals surface area contributed by atoms with Gasteiger partial charge in [-0.3, -0.25) is 4.79 Å². The third-order valence-corrected chi connectivity index (χ3v) is 4.64. The Morgan fingerprint density at radius 1 is 0.931 bits per heavy atom. The van der Waals surface area contributed by atoms with Crippen molar-refractivity contribution in [3.63, 3.8) is 0 Å². The van der Waals surface area contributed by atoms with Crippen LogP contribution >= 0.6 is 0 Å². The minimum atomic E-state index is -0.307. The van der Waals surface area contributed by atoms with Crippen LogP contribution in [-0.4, -0.2) is 21.7 Å². The van der Waals surface area contributed by atoms with Gasteiger partial charge < -0.3 is 5.11 Å². The van der Waals surface area contributed by atoms with E-state index in [4.69, 9.17) is 4.98 Å². The van der Waals surface area contributed by atoms with Gasteiger partial charge in [0.2, 0.25) is 0 Å². The highest BCUT2D eigenvalue weighted by atomic mass is 16.3. The lowest BCUT2D eigenvalue weighted by Gasteiger charge is -2.09. The molecule has 5 heteroatoms. The molecule has 0 radical (unpaired) electrons. The minimum absolute atomic E-state index is 0.183. The molecule has 0 aliphatic carbocycles. The van der Waals surface area contributed by atoms with Crippen molar-refractivity contribution >= 4 is 22.5 Å². The molecular weight excluding hydrogens is 362 g/mol. The van der Waals surface area contributed by atoms with Crippen LogP contribution in [0.4, 0.5) is 0 Å². The average Bonchev–Trinajstić information content (AvgIpc) is 2.77. The summed E-state index contributed by atoms with van der Waals surface area (Å²) >= 11 is 0. The monoisotopic (exact) mass is 381 g/mol. The van der Waals surface area contributed by atoms with E-state index in [0.29, 0.717) is 11.3 Å². The van der Waals surface area contributed by atoms with Gasteiger partial charge in [0.1, 0.15) is 5.75 Å². The maximum Gasteiger partial charge on any atom is 0.272 e. The molecule has 5 nitrogen and oxygen atoms in total. The zero-order valence-electron chi connectivity index (χ0n) is 15.8. The van der Waals surface area contributed by atoms with Gasteiger partial charge in [0, 0.05) is 10.9 Å². The van der Waals surface area contributed by atoms with Gasteiger partial charge in [-0.25, -0.2) is 10.4 Å². The first-order valence-electron chi connectivity index (χ1n) is 9.21. The number of amides is 1. The van der Waals surface area contributed by atoms with Crippen LogP contribution < -0.4 is 5.43 Å². The van der Waals surface area contributed by atoms with Crippen LogP contribution in [0.2, 0.25) is 0 Å². The SMILES string of the molecule is C/C(=N\NC(=O)c1cc(-c2ccccc2)nc2ccccc12)c1ccc(O)cc1. The summed E-state index contributed by atoms with van der Waals surface area (Å²) in [6, 6.07) is 25.8. The third kappa shape index (κ3) is 3.99. The lowest BCUT2D eigenvalue weighted by molar-refractivity contribution is 0.0956. The summed E-state index contributed by atoms with van der Waals surface area (Å²) in [7, 11) is 0. The van der Waals surface area contributed by atoms with Crippen molar-refractivity contribution in [2.24, 2.45) is 5.10 Å². The smallest absolute Gasteiger partial charge is 0.272 e. The van der Waals surface area contributed by atoms with E-state index in [0.717, 1.165) is 27.7 Å². The van der Waals surface area contributed by atoms with Gasteiger partial charge in [-0.2, -0.15) is 5.10 Å². The Morgan fingerprint density at radius 2 is 1.62 bits per heavy atom. The summed E-state index contributed by atoms with van der Waals surface area (Å²) in [5, 5.41) is 14.4. The molecule has 0 fully saturated rings. The minimum Gasteiger partial charge on any atom is -0.508 e. The van der Waals surface area contributed by atoms with Crippen LogP contribution in [-0.2, 0) is 0 Å². The molecule has 4 aromatic rings. The lowest BCUT2D eigenvalue weighted by Crippen LogP contribution is -2.20. The fraction of sp³-hybridized carbons (Fsp3) is 0.0417. The van der Waals surface area contributed by atoms with Gasteiger partial charge in [-0.15, -0.1) is 0 Å². The Labute approximate surface area is 168 Å². The molecule has 0 bridgehead atoms. The third-order valence-electron chi connectivity index (χ3n) is 4.64. The molecule has 0 saturated heterocycles. The number of hydrazone groups is 1. The van der Waals surface area contributed by atoms with E-state index in [1.165, 1.54) is 0 Å². The number of carbonyl (C=O) groups is 1. The number of hydrogen-bond donors (Lipinski definition) is 2. The predicted molar refractivity (Wildman–Crippen MR) is 115 cm³/mol. The molecule has 29 heavy (non-hydrogen) atoms. The molecule has 1 amide bonds. The molecule has 0 aliphatic heterocycles. The lowest BCUT2D eigenvalue weighted by atomic mass is 10.0. The van der Waals surface area contributed by atoms with Gasteiger partial charge in [0.15, 0.2) is 0 Å². The summed E-state index contributed by atoms with van der Waals surface area (Å²) in [6.07, 6.45) is 0. The summed E-state index contributed by atoms with van der Waals surface area (Å²) in [5.41, 5.74) is 7.02. The molecule has 1 heterocycles. The van der Waals surface area contributed by atoms with Crippen molar-refractivity contribution in [1.82, 2.24) is 10.4 Å². The van der Waals surface area contributed by atoms with Crippen LogP contribution in [0.5, 0.6) is 5.75 Å². The maximum atomic E-state index is 12.9. The van der Waals surface area contributed by atoms with E-state index in [9.17, 15) is 9.90 Å². The summed E-state index contributed by atoms with van der Waals surface area (Å²) in [5.74, 6) is -0.124. The van der Waals surface area contributed by atoms with Crippen LogP contribution in [0.3, 0.4) is 0 Å². The topological polar surface area (TPSA) is 74.6 Å². The number of nitrogens with one attached hydrogen (secondary N) is 1. The molecule has 0 aliphatic rings. The van der Waals surface area contributed by atoms with E-state index < -0.39 is 0 Å². The number of phenols is 1. The summed E-state index contributed by atoms with van der Waals surface area (Å²) in [4.78, 5) is 17.6. The van der Waals surface area contributed by atoms with Gasteiger partial charge in [-0.05, 0) is 48.9 Å². The molecule has 0 atom stereocenters. The van der Waals surface area contributed by atoms with E-state index in [-0.39, 0.29) is 11.7 Å². The van der Waals surface area contributed by atoms with E-state index in [1.807, 2.05) is 54.6 Å². The van der Waals surface area contributed by atoms with Crippen molar-refractivity contribution in [2.75, 3.05) is 0 Å². The number of carbonyl (C=O) groups excluding carboxylic acids is 1. The zero-order chi connectivity index (χ0) is 20.2. The number of phenolic OH excluding ortho intramolecular Hbond substituents is 1. The number of nitrogens with zero attached hydrogens (tertiary/aromatic N) is 2. The van der Waals surface area contributed by atoms with Gasteiger partial charge in [0.25, 0.3) is 5.91 Å². The maximum absolute atomic E-state index is 12.9. The van der Waals surface area contributed by atoms with Crippen LogP contribution in [0.25, 0.3) is 22.2 Å². The van der Waals surface area contributed by atoms with E-state index in [1.54, 1.807) is 37.3 Å². The first-order valence-corrected chi connectivity index (χ1v) is 9.21. The van der Waals surface area contributed by atoms with Gasteiger partial charge in [0.05, 0.1) is 22.5 Å². The van der Waals surface area contributed by atoms with Gasteiger partial charge >= 0.3 is 0 Å². The standard InChI is InChI=1S/C24H19N3O2/c1-16(17-11-13-19(28)14-12-17)26-27-24(29)21-15-23(18-7-3-2-4-8-18)25-22-10-6-5-9-20(21)22/h2-15,28H,1H3,(H,27,29)/b26-16+. The summed E-state index contributed by atoms with van der Waals surface area (Å²) in [6.45, 7) is 1.80. The normalized spacial score (nSPS) is 11.4. The highest BCUT2D eigenvalue weighted by Gasteiger charge is 2.13. The quantitative estimate of drug-likeness (QED) is 0.395. The van der Waals surface area contributed by atoms with E-state index >= 15 is 0 Å². The first kappa shape index (κ1) is 18.4. The fourth-order valence-corrected chi connectivity index (χ4v) is 3.08. The molecule has 0 spiro atoms. The van der Waals surface area contributed by atoms with Crippen molar-refractivity contribution in [1.29, 1.82) is 0 Å². The highest BCUT2D eigenvalue weighted by Crippen LogP contribution is 2.24. The van der Waals surface area contributed by atoms with Crippen molar-refractivity contribution in [3.8, 4) is 17.0 Å². The second-order valence-electron chi connectivity index (χ2n) is 6.62. The number of aromatic nitrogens is 1. The molecule has 3 aromatic carbocycles. The molecule has 0 unspecified atom stereocenters.